The fourth-order valence-corrected chi connectivity index (χ4v) is 2.12. The number of nitro benzene ring substituents is 1. The number of benzene rings is 1. The van der Waals surface area contributed by atoms with E-state index >= 15 is 0 Å². The number of aliphatic carboxylic acids is 1. The number of aromatic nitrogens is 1. The molecule has 9 heteroatoms. The molecular weight excluding hydrogens is 328 g/mol. The van der Waals surface area contributed by atoms with Crippen LogP contribution in [0.5, 0.6) is 0 Å². The van der Waals surface area contributed by atoms with Crippen molar-refractivity contribution < 1.29 is 19.6 Å². The molecule has 25 heavy (non-hydrogen) atoms. The molecule has 0 radical (unpaired) electrons. The Labute approximate surface area is 142 Å². The minimum Gasteiger partial charge on any atom is -0.480 e. The van der Waals surface area contributed by atoms with Gasteiger partial charge in [0.05, 0.1) is 11.3 Å². The third-order valence-electron chi connectivity index (χ3n) is 3.34. The van der Waals surface area contributed by atoms with Gasteiger partial charge in [0.2, 0.25) is 5.91 Å². The Morgan fingerprint density at radius 3 is 2.64 bits per heavy atom. The van der Waals surface area contributed by atoms with E-state index in [1.54, 1.807) is 24.5 Å². The quantitative estimate of drug-likeness (QED) is 0.488. The van der Waals surface area contributed by atoms with E-state index in [0.29, 0.717) is 0 Å². The molecule has 2 rings (SSSR count). The standard InChI is InChI=1S/C16H16N4O5/c21-15(19-12-5-1-2-6-14(12)20(24)25)8-13(16(22)23)18-10-11-4-3-7-17-9-11/h1-7,9,13,18H,8,10H2,(H,19,21)(H,22,23). The number of hydrogen-bond donors (Lipinski definition) is 3. The van der Waals surface area contributed by atoms with Crippen LogP contribution < -0.4 is 10.6 Å². The van der Waals surface area contributed by atoms with Crippen LogP contribution in [0.4, 0.5) is 11.4 Å². The van der Waals surface area contributed by atoms with Crippen molar-refractivity contribution in [1.29, 1.82) is 0 Å². The summed E-state index contributed by atoms with van der Waals surface area (Å²) >= 11 is 0. The minimum atomic E-state index is -1.19. The third kappa shape index (κ3) is 5.36. The number of carbonyl (C=O) groups is 2. The van der Waals surface area contributed by atoms with Crippen molar-refractivity contribution in [2.45, 2.75) is 19.0 Å². The molecule has 1 aromatic heterocycles. The molecule has 1 atom stereocenters. The molecule has 1 unspecified atom stereocenters. The molecule has 0 aliphatic carbocycles. The average molecular weight is 344 g/mol. The number of pyridine rings is 1. The topological polar surface area (TPSA) is 134 Å². The van der Waals surface area contributed by atoms with Gasteiger partial charge in [0.15, 0.2) is 0 Å². The summed E-state index contributed by atoms with van der Waals surface area (Å²) in [6, 6.07) is 8.00. The first-order chi connectivity index (χ1) is 12.0. The van der Waals surface area contributed by atoms with Crippen molar-refractivity contribution in [3.8, 4) is 0 Å². The predicted molar refractivity (Wildman–Crippen MR) is 88.8 cm³/mol. The van der Waals surface area contributed by atoms with Crippen LogP contribution in [0, 0.1) is 10.1 Å². The lowest BCUT2D eigenvalue weighted by atomic mass is 10.1. The number of para-hydroxylation sites is 2. The second-order valence-corrected chi connectivity index (χ2v) is 5.16. The van der Waals surface area contributed by atoms with E-state index < -0.39 is 22.8 Å². The molecule has 0 saturated carbocycles. The maximum absolute atomic E-state index is 12.1. The number of hydrogen-bond acceptors (Lipinski definition) is 6. The highest BCUT2D eigenvalue weighted by Gasteiger charge is 2.22. The highest BCUT2D eigenvalue weighted by molar-refractivity contribution is 5.95. The fraction of sp³-hybridized carbons (Fsp3) is 0.188. The normalized spacial score (nSPS) is 11.5. The van der Waals surface area contributed by atoms with Crippen LogP contribution in [0.1, 0.15) is 12.0 Å². The van der Waals surface area contributed by atoms with E-state index in [-0.39, 0.29) is 24.3 Å². The fourth-order valence-electron chi connectivity index (χ4n) is 2.12. The molecule has 3 N–H and O–H groups in total. The first-order valence-corrected chi connectivity index (χ1v) is 7.35. The van der Waals surface area contributed by atoms with Crippen molar-refractivity contribution in [3.63, 3.8) is 0 Å². The molecule has 1 aromatic carbocycles. The smallest absolute Gasteiger partial charge is 0.321 e. The lowest BCUT2D eigenvalue weighted by molar-refractivity contribution is -0.383. The van der Waals surface area contributed by atoms with Crippen molar-refractivity contribution in [1.82, 2.24) is 10.3 Å². The number of carbonyl (C=O) groups excluding carboxylic acids is 1. The maximum atomic E-state index is 12.1. The van der Waals surface area contributed by atoms with Crippen molar-refractivity contribution in [2.24, 2.45) is 0 Å². The molecule has 0 fully saturated rings. The van der Waals surface area contributed by atoms with E-state index in [1.807, 2.05) is 0 Å². The monoisotopic (exact) mass is 344 g/mol. The van der Waals surface area contributed by atoms with Gasteiger partial charge in [-0.2, -0.15) is 0 Å². The summed E-state index contributed by atoms with van der Waals surface area (Å²) in [6.45, 7) is 0.226. The number of nitro groups is 1. The number of nitrogens with zero attached hydrogens (tertiary/aromatic N) is 2. The highest BCUT2D eigenvalue weighted by Crippen LogP contribution is 2.23. The van der Waals surface area contributed by atoms with E-state index in [4.69, 9.17) is 0 Å². The molecule has 0 saturated heterocycles. The summed E-state index contributed by atoms with van der Waals surface area (Å²) in [4.78, 5) is 37.6. The van der Waals surface area contributed by atoms with Crippen LogP contribution >= 0.6 is 0 Å². The van der Waals surface area contributed by atoms with Crippen LogP contribution in [-0.4, -0.2) is 32.9 Å². The summed E-state index contributed by atoms with van der Waals surface area (Å²) in [5.74, 6) is -1.83. The number of rotatable bonds is 8. The van der Waals surface area contributed by atoms with Crippen LogP contribution in [0.2, 0.25) is 0 Å². The first kappa shape index (κ1) is 18.0. The number of anilines is 1. The Balaban J connectivity index is 1.98. The SMILES string of the molecule is O=C(CC(NCc1cccnc1)C(=O)O)Nc1ccccc1[N+](=O)[O-]. The molecule has 0 spiro atoms. The zero-order valence-electron chi connectivity index (χ0n) is 13.1. The van der Waals surface area contributed by atoms with Gasteiger partial charge >= 0.3 is 5.97 Å². The predicted octanol–water partition coefficient (Wildman–Crippen LogP) is 1.56. The van der Waals surface area contributed by atoms with Gasteiger partial charge < -0.3 is 10.4 Å². The van der Waals surface area contributed by atoms with E-state index in [1.165, 1.54) is 24.3 Å². The van der Waals surface area contributed by atoms with Crippen LogP contribution in [0.15, 0.2) is 48.8 Å². The molecule has 2 aromatic rings. The summed E-state index contributed by atoms with van der Waals surface area (Å²) in [6.07, 6.45) is 2.80. The Hall–Kier alpha value is -3.33. The molecule has 1 heterocycles. The van der Waals surface area contributed by atoms with Gasteiger partial charge in [-0.25, -0.2) is 0 Å². The Kier molecular flexibility index (Phi) is 6.13. The lowest BCUT2D eigenvalue weighted by Crippen LogP contribution is -2.39. The molecule has 1 amide bonds. The van der Waals surface area contributed by atoms with Gasteiger partial charge in [-0.05, 0) is 17.7 Å². The summed E-state index contributed by atoms with van der Waals surface area (Å²) in [7, 11) is 0. The molecule has 9 nitrogen and oxygen atoms in total. The molecule has 0 aliphatic rings. The Bertz CT molecular complexity index is 766. The van der Waals surface area contributed by atoms with Crippen LogP contribution in [0.3, 0.4) is 0 Å². The third-order valence-corrected chi connectivity index (χ3v) is 3.34. The van der Waals surface area contributed by atoms with Gasteiger partial charge in [-0.1, -0.05) is 18.2 Å². The van der Waals surface area contributed by atoms with E-state index in [2.05, 4.69) is 15.6 Å². The van der Waals surface area contributed by atoms with Gasteiger partial charge in [-0.15, -0.1) is 0 Å². The average Bonchev–Trinajstić information content (AvgIpc) is 2.59. The number of carboxylic acid groups (broad SMARTS) is 1. The summed E-state index contributed by atoms with van der Waals surface area (Å²) in [5.41, 5.74) is 0.535. The zero-order valence-corrected chi connectivity index (χ0v) is 13.1. The number of amides is 1. The number of nitrogens with one attached hydrogen (secondary N) is 2. The second-order valence-electron chi connectivity index (χ2n) is 5.16. The molecule has 0 bridgehead atoms. The molecule has 130 valence electrons. The summed E-state index contributed by atoms with van der Waals surface area (Å²) < 4.78 is 0. The highest BCUT2D eigenvalue weighted by atomic mass is 16.6. The van der Waals surface area contributed by atoms with Crippen molar-refractivity contribution >= 4 is 23.3 Å². The van der Waals surface area contributed by atoms with E-state index in [0.717, 1.165) is 5.56 Å². The van der Waals surface area contributed by atoms with Gasteiger partial charge in [0.25, 0.3) is 5.69 Å². The lowest BCUT2D eigenvalue weighted by Gasteiger charge is -2.14. The first-order valence-electron chi connectivity index (χ1n) is 7.35. The number of carboxylic acids is 1. The van der Waals surface area contributed by atoms with E-state index in [9.17, 15) is 24.8 Å². The molecular formula is C16H16N4O5. The second kappa shape index (κ2) is 8.50. The maximum Gasteiger partial charge on any atom is 0.321 e. The largest absolute Gasteiger partial charge is 0.480 e. The Morgan fingerprint density at radius 2 is 2.00 bits per heavy atom. The van der Waals surface area contributed by atoms with Gasteiger partial charge in [0.1, 0.15) is 11.7 Å². The Morgan fingerprint density at radius 1 is 1.24 bits per heavy atom. The van der Waals surface area contributed by atoms with Crippen LogP contribution in [-0.2, 0) is 16.1 Å². The zero-order chi connectivity index (χ0) is 18.2. The van der Waals surface area contributed by atoms with Crippen molar-refractivity contribution in [2.75, 3.05) is 5.32 Å². The molecule has 0 aliphatic heterocycles. The van der Waals surface area contributed by atoms with Crippen molar-refractivity contribution in [3.05, 3.63) is 64.5 Å². The van der Waals surface area contributed by atoms with Crippen LogP contribution in [0.25, 0.3) is 0 Å². The van der Waals surface area contributed by atoms with Gasteiger partial charge in [-0.3, -0.25) is 30.0 Å². The van der Waals surface area contributed by atoms with Gasteiger partial charge in [0, 0.05) is 25.0 Å². The minimum absolute atomic E-state index is 0.0221. The summed E-state index contributed by atoms with van der Waals surface area (Å²) in [5, 5.41) is 25.3.